The molecule has 2 aliphatic heterocycles. The Hall–Kier alpha value is -0.980. The maximum absolute atomic E-state index is 12.5. The quantitative estimate of drug-likeness (QED) is 0.839. The van der Waals surface area contributed by atoms with Crippen molar-refractivity contribution in [3.63, 3.8) is 0 Å². The highest BCUT2D eigenvalue weighted by Gasteiger charge is 2.38. The molecule has 0 spiro atoms. The second-order valence-corrected chi connectivity index (χ2v) is 7.20. The monoisotopic (exact) mass is 333 g/mol. The average molecular weight is 333 g/mol. The fourth-order valence-corrected chi connectivity index (χ4v) is 3.82. The Bertz CT molecular complexity index is 425. The van der Waals surface area contributed by atoms with Gasteiger partial charge in [-0.2, -0.15) is 13.2 Å². The zero-order valence-electron chi connectivity index (χ0n) is 13.4. The summed E-state index contributed by atoms with van der Waals surface area (Å²) in [6.45, 7) is 2.30. The number of hydrogen-bond acceptors (Lipinski definition) is 2. The number of fused-ring (bicyclic) bond motifs is 1. The number of urea groups is 1. The molecule has 7 heteroatoms. The van der Waals surface area contributed by atoms with Crippen molar-refractivity contribution in [1.29, 1.82) is 0 Å². The van der Waals surface area contributed by atoms with Crippen LogP contribution in [0.25, 0.3) is 0 Å². The van der Waals surface area contributed by atoms with Gasteiger partial charge in [0, 0.05) is 31.7 Å². The molecular weight excluding hydrogens is 307 g/mol. The van der Waals surface area contributed by atoms with Gasteiger partial charge in [-0.15, -0.1) is 0 Å². The van der Waals surface area contributed by atoms with E-state index in [0.717, 1.165) is 38.8 Å². The molecule has 3 fully saturated rings. The van der Waals surface area contributed by atoms with Gasteiger partial charge in [0.2, 0.25) is 0 Å². The summed E-state index contributed by atoms with van der Waals surface area (Å²) in [7, 11) is 0. The number of piperidine rings is 1. The van der Waals surface area contributed by atoms with Gasteiger partial charge in [-0.1, -0.05) is 6.42 Å². The molecule has 3 aliphatic rings. The Labute approximate surface area is 135 Å². The highest BCUT2D eigenvalue weighted by Crippen LogP contribution is 2.31. The Morgan fingerprint density at radius 2 is 1.91 bits per heavy atom. The Morgan fingerprint density at radius 1 is 1.13 bits per heavy atom. The molecule has 2 amide bonds. The summed E-state index contributed by atoms with van der Waals surface area (Å²) in [5, 5.41) is 3.03. The number of carbonyl (C=O) groups excluding carboxylic acids is 1. The number of amides is 2. The zero-order chi connectivity index (χ0) is 16.4. The summed E-state index contributed by atoms with van der Waals surface area (Å²) in [5.74, 6) is 0.392. The number of halogens is 3. The van der Waals surface area contributed by atoms with Gasteiger partial charge in [-0.3, -0.25) is 4.90 Å². The molecule has 132 valence electrons. The summed E-state index contributed by atoms with van der Waals surface area (Å²) in [6, 6.07) is 0.159. The minimum atomic E-state index is -4.21. The lowest BCUT2D eigenvalue weighted by atomic mass is 9.99. The Balaban J connectivity index is 1.54. The number of alkyl halides is 3. The minimum absolute atomic E-state index is 0.0930. The molecule has 23 heavy (non-hydrogen) atoms. The van der Waals surface area contributed by atoms with E-state index in [2.05, 4.69) is 10.2 Å². The van der Waals surface area contributed by atoms with Crippen LogP contribution in [0.15, 0.2) is 0 Å². The van der Waals surface area contributed by atoms with Gasteiger partial charge in [0.1, 0.15) is 0 Å². The minimum Gasteiger partial charge on any atom is -0.334 e. The van der Waals surface area contributed by atoms with E-state index in [1.54, 1.807) is 0 Å². The molecule has 2 saturated heterocycles. The lowest BCUT2D eigenvalue weighted by Gasteiger charge is -2.33. The van der Waals surface area contributed by atoms with Crippen LogP contribution in [0.1, 0.15) is 44.9 Å². The third-order valence-electron chi connectivity index (χ3n) is 5.29. The number of rotatable bonds is 5. The molecule has 0 aromatic heterocycles. The molecule has 0 aromatic rings. The summed E-state index contributed by atoms with van der Waals surface area (Å²) >= 11 is 0. The summed E-state index contributed by atoms with van der Waals surface area (Å²) in [4.78, 5) is 16.3. The van der Waals surface area contributed by atoms with Crippen molar-refractivity contribution in [3.05, 3.63) is 0 Å². The van der Waals surface area contributed by atoms with Crippen LogP contribution >= 0.6 is 0 Å². The molecule has 2 atom stereocenters. The Morgan fingerprint density at radius 3 is 2.61 bits per heavy atom. The van der Waals surface area contributed by atoms with Crippen LogP contribution in [0.4, 0.5) is 18.0 Å². The van der Waals surface area contributed by atoms with E-state index < -0.39 is 12.6 Å². The first-order valence-electron chi connectivity index (χ1n) is 8.78. The first-order valence-corrected chi connectivity index (χ1v) is 8.78. The van der Waals surface area contributed by atoms with Crippen molar-refractivity contribution in [3.8, 4) is 0 Å². The molecule has 0 radical (unpaired) electrons. The summed E-state index contributed by atoms with van der Waals surface area (Å²) in [5.41, 5.74) is 0. The predicted octanol–water partition coefficient (Wildman–Crippen LogP) is 2.99. The third kappa shape index (κ3) is 4.75. The summed E-state index contributed by atoms with van der Waals surface area (Å²) < 4.78 is 37.5. The normalized spacial score (nSPS) is 28.5. The van der Waals surface area contributed by atoms with Crippen molar-refractivity contribution < 1.29 is 18.0 Å². The van der Waals surface area contributed by atoms with E-state index in [-0.39, 0.29) is 18.6 Å². The third-order valence-corrected chi connectivity index (χ3v) is 5.29. The van der Waals surface area contributed by atoms with Crippen LogP contribution in [0.5, 0.6) is 0 Å². The van der Waals surface area contributed by atoms with E-state index in [1.165, 1.54) is 17.7 Å². The van der Waals surface area contributed by atoms with Gasteiger partial charge in [0.15, 0.2) is 0 Å². The molecule has 0 bridgehead atoms. The molecular formula is C16H26F3N3O. The van der Waals surface area contributed by atoms with Gasteiger partial charge < -0.3 is 10.2 Å². The standard InChI is InChI=1S/C16H26F3N3O/c17-16(18,19)7-10-22(11-12-4-5-12)15(23)20-13-6-9-21-8-2-1-3-14(13)21/h12-14H,1-11H2,(H,20,23)/t13-,14-/m1/s1. The highest BCUT2D eigenvalue weighted by molar-refractivity contribution is 5.74. The second-order valence-electron chi connectivity index (χ2n) is 7.20. The number of nitrogens with zero attached hydrogens (tertiary/aromatic N) is 2. The van der Waals surface area contributed by atoms with Gasteiger partial charge in [-0.05, 0) is 44.6 Å². The van der Waals surface area contributed by atoms with E-state index >= 15 is 0 Å². The Kier molecular flexibility index (Phi) is 5.04. The highest BCUT2D eigenvalue weighted by atomic mass is 19.4. The van der Waals surface area contributed by atoms with Crippen LogP contribution < -0.4 is 5.32 Å². The van der Waals surface area contributed by atoms with Crippen molar-refractivity contribution in [1.82, 2.24) is 15.1 Å². The van der Waals surface area contributed by atoms with Crippen molar-refractivity contribution in [2.75, 3.05) is 26.2 Å². The average Bonchev–Trinajstić information content (AvgIpc) is 3.23. The van der Waals surface area contributed by atoms with Crippen LogP contribution in [-0.2, 0) is 0 Å². The van der Waals surface area contributed by atoms with E-state index in [9.17, 15) is 18.0 Å². The van der Waals surface area contributed by atoms with Crippen LogP contribution in [0.2, 0.25) is 0 Å². The van der Waals surface area contributed by atoms with Crippen molar-refractivity contribution in [2.45, 2.75) is 63.2 Å². The van der Waals surface area contributed by atoms with Crippen molar-refractivity contribution in [2.24, 2.45) is 5.92 Å². The van der Waals surface area contributed by atoms with Crippen LogP contribution in [-0.4, -0.2) is 60.3 Å². The molecule has 1 saturated carbocycles. The van der Waals surface area contributed by atoms with Crippen molar-refractivity contribution >= 4 is 6.03 Å². The predicted molar refractivity (Wildman–Crippen MR) is 81.1 cm³/mol. The van der Waals surface area contributed by atoms with Gasteiger partial charge >= 0.3 is 12.2 Å². The van der Waals surface area contributed by atoms with Gasteiger partial charge in [-0.25, -0.2) is 4.79 Å². The maximum Gasteiger partial charge on any atom is 0.390 e. The van der Waals surface area contributed by atoms with Gasteiger partial charge in [0.25, 0.3) is 0 Å². The van der Waals surface area contributed by atoms with E-state index in [1.807, 2.05) is 0 Å². The lowest BCUT2D eigenvalue weighted by molar-refractivity contribution is -0.136. The molecule has 4 nitrogen and oxygen atoms in total. The molecule has 3 rings (SSSR count). The maximum atomic E-state index is 12.5. The number of nitrogens with one attached hydrogen (secondary N) is 1. The molecule has 0 aromatic carbocycles. The molecule has 0 unspecified atom stereocenters. The molecule has 1 aliphatic carbocycles. The first kappa shape index (κ1) is 16.9. The first-order chi connectivity index (χ1) is 10.9. The summed E-state index contributed by atoms with van der Waals surface area (Å²) in [6.07, 6.45) is 1.28. The van der Waals surface area contributed by atoms with E-state index in [0.29, 0.717) is 18.5 Å². The molecule has 1 N–H and O–H groups in total. The lowest BCUT2D eigenvalue weighted by Crippen LogP contribution is -2.51. The van der Waals surface area contributed by atoms with E-state index in [4.69, 9.17) is 0 Å². The smallest absolute Gasteiger partial charge is 0.334 e. The fourth-order valence-electron chi connectivity index (χ4n) is 3.82. The van der Waals surface area contributed by atoms with Gasteiger partial charge in [0.05, 0.1) is 6.42 Å². The fraction of sp³-hybridized carbons (Fsp3) is 0.938. The molecule has 2 heterocycles. The SMILES string of the molecule is O=C(N[C@@H]1CCN2CCCC[C@H]12)N(CCC(F)(F)F)CC1CC1. The zero-order valence-corrected chi connectivity index (χ0v) is 13.4. The number of carbonyl (C=O) groups is 1. The number of hydrogen-bond donors (Lipinski definition) is 1. The largest absolute Gasteiger partial charge is 0.390 e. The second kappa shape index (κ2) is 6.87. The topological polar surface area (TPSA) is 35.6 Å². The van der Waals surface area contributed by atoms with Crippen LogP contribution in [0.3, 0.4) is 0 Å². The van der Waals surface area contributed by atoms with Crippen LogP contribution in [0, 0.1) is 5.92 Å².